The van der Waals surface area contributed by atoms with Gasteiger partial charge in [0.25, 0.3) is 5.91 Å². The maximum atomic E-state index is 12.9. The highest BCUT2D eigenvalue weighted by Gasteiger charge is 2.23. The lowest BCUT2D eigenvalue weighted by Crippen LogP contribution is -2.36. The molecule has 2 aromatic carbocycles. The van der Waals surface area contributed by atoms with Crippen LogP contribution in [0.2, 0.25) is 0 Å². The Balaban J connectivity index is 1.65. The van der Waals surface area contributed by atoms with E-state index in [4.69, 9.17) is 0 Å². The molecule has 0 radical (unpaired) electrons. The number of carbonyl (C=O) groups excluding carboxylic acids is 1. The average Bonchev–Trinajstić information content (AvgIpc) is 2.76. The van der Waals surface area contributed by atoms with Crippen LogP contribution in [0.4, 0.5) is 5.69 Å². The van der Waals surface area contributed by atoms with Crippen LogP contribution in [-0.2, 0) is 16.6 Å². The van der Waals surface area contributed by atoms with Crippen molar-refractivity contribution in [3.8, 4) is 0 Å². The minimum absolute atomic E-state index is 0.178. The molecule has 1 fully saturated rings. The van der Waals surface area contributed by atoms with Crippen LogP contribution in [0.25, 0.3) is 0 Å². The molecule has 1 saturated heterocycles. The number of nitrogens with one attached hydrogen (secondary N) is 1. The summed E-state index contributed by atoms with van der Waals surface area (Å²) in [6.07, 6.45) is 4.52. The first kappa shape index (κ1) is 23.3. The van der Waals surface area contributed by atoms with Gasteiger partial charge >= 0.3 is 0 Å². The molecule has 31 heavy (non-hydrogen) atoms. The number of amides is 1. The first-order valence-electron chi connectivity index (χ1n) is 11.0. The predicted octanol–water partition coefficient (Wildman–Crippen LogP) is 3.50. The van der Waals surface area contributed by atoms with E-state index in [0.29, 0.717) is 17.8 Å². The molecule has 0 atom stereocenters. The molecule has 0 bridgehead atoms. The molecule has 1 amide bonds. The molecule has 168 valence electrons. The minimum Gasteiger partial charge on any atom is -0.352 e. The van der Waals surface area contributed by atoms with Crippen molar-refractivity contribution in [3.05, 3.63) is 65.7 Å². The van der Waals surface area contributed by atoms with Crippen molar-refractivity contribution >= 4 is 21.6 Å². The van der Waals surface area contributed by atoms with Gasteiger partial charge < -0.3 is 10.2 Å². The summed E-state index contributed by atoms with van der Waals surface area (Å²) in [7, 11) is -3.57. The summed E-state index contributed by atoms with van der Waals surface area (Å²) in [5.41, 5.74) is 1.63. The molecule has 1 aliphatic heterocycles. The van der Waals surface area contributed by atoms with Crippen LogP contribution in [0.3, 0.4) is 0 Å². The number of nitrogens with zero attached hydrogens (tertiary/aromatic N) is 2. The molecule has 2 aromatic rings. The van der Waals surface area contributed by atoms with E-state index in [1.807, 2.05) is 30.3 Å². The first-order chi connectivity index (χ1) is 14.8. The van der Waals surface area contributed by atoms with E-state index in [2.05, 4.69) is 17.1 Å². The van der Waals surface area contributed by atoms with Gasteiger partial charge in [0.05, 0.1) is 24.1 Å². The number of carbonyl (C=O) groups is 1. The summed E-state index contributed by atoms with van der Waals surface area (Å²) in [6, 6.07) is 16.3. The molecule has 0 aliphatic carbocycles. The highest BCUT2D eigenvalue weighted by atomic mass is 32.2. The van der Waals surface area contributed by atoms with Gasteiger partial charge in [0.15, 0.2) is 0 Å². The normalized spacial score (nSPS) is 15.5. The van der Waals surface area contributed by atoms with Gasteiger partial charge in [-0.15, -0.1) is 0 Å². The monoisotopic (exact) mass is 443 g/mol. The first-order valence-corrected chi connectivity index (χ1v) is 12.8. The van der Waals surface area contributed by atoms with Crippen molar-refractivity contribution in [2.75, 3.05) is 36.7 Å². The second-order valence-corrected chi connectivity index (χ2v) is 10.3. The standard InChI is InChI=1S/C24H33N3O3S/c1-20-13-17-26(18-14-20)16-8-15-25-24(28)22-11-6-7-12-23(22)27(31(2,29)30)19-21-9-4-3-5-10-21/h3-7,9-12,20H,8,13-19H2,1-2H3,(H,25,28). The van der Waals surface area contributed by atoms with Crippen LogP contribution in [0.1, 0.15) is 42.1 Å². The third-order valence-electron chi connectivity index (χ3n) is 5.80. The molecular weight excluding hydrogens is 410 g/mol. The van der Waals surface area contributed by atoms with E-state index in [1.54, 1.807) is 24.3 Å². The van der Waals surface area contributed by atoms with Crippen LogP contribution in [0.15, 0.2) is 54.6 Å². The van der Waals surface area contributed by atoms with Crippen molar-refractivity contribution in [1.29, 1.82) is 0 Å². The van der Waals surface area contributed by atoms with Crippen molar-refractivity contribution in [2.45, 2.75) is 32.7 Å². The summed E-state index contributed by atoms with van der Waals surface area (Å²) in [5.74, 6) is 0.561. The number of anilines is 1. The lowest BCUT2D eigenvalue weighted by Gasteiger charge is -2.30. The molecule has 1 aliphatic rings. The van der Waals surface area contributed by atoms with Crippen LogP contribution in [-0.4, -0.2) is 51.7 Å². The maximum absolute atomic E-state index is 12.9. The lowest BCUT2D eigenvalue weighted by molar-refractivity contribution is 0.0951. The Bertz CT molecular complexity index is 955. The van der Waals surface area contributed by atoms with Crippen LogP contribution >= 0.6 is 0 Å². The second kappa shape index (κ2) is 10.8. The van der Waals surface area contributed by atoms with Gasteiger partial charge in [-0.3, -0.25) is 9.10 Å². The average molecular weight is 444 g/mol. The molecule has 0 aromatic heterocycles. The largest absolute Gasteiger partial charge is 0.352 e. The second-order valence-electron chi connectivity index (χ2n) is 8.41. The number of benzene rings is 2. The van der Waals surface area contributed by atoms with E-state index >= 15 is 0 Å². The quantitative estimate of drug-likeness (QED) is 0.602. The third-order valence-corrected chi connectivity index (χ3v) is 6.93. The van der Waals surface area contributed by atoms with Crippen molar-refractivity contribution in [1.82, 2.24) is 10.2 Å². The summed E-state index contributed by atoms with van der Waals surface area (Å²) < 4.78 is 26.4. The Morgan fingerprint density at radius 1 is 1.06 bits per heavy atom. The molecule has 0 saturated carbocycles. The minimum atomic E-state index is -3.57. The fraction of sp³-hybridized carbons (Fsp3) is 0.458. The van der Waals surface area contributed by atoms with E-state index in [9.17, 15) is 13.2 Å². The molecule has 6 nitrogen and oxygen atoms in total. The Hall–Kier alpha value is -2.38. The number of hydrogen-bond donors (Lipinski definition) is 1. The number of rotatable bonds is 9. The smallest absolute Gasteiger partial charge is 0.253 e. The Labute approximate surface area is 186 Å². The zero-order valence-electron chi connectivity index (χ0n) is 18.5. The van der Waals surface area contributed by atoms with E-state index in [-0.39, 0.29) is 12.5 Å². The van der Waals surface area contributed by atoms with Crippen molar-refractivity contribution < 1.29 is 13.2 Å². The molecule has 7 heteroatoms. The van der Waals surface area contributed by atoms with Crippen molar-refractivity contribution in [3.63, 3.8) is 0 Å². The molecular formula is C24H33N3O3S. The zero-order chi connectivity index (χ0) is 22.3. The fourth-order valence-corrected chi connectivity index (χ4v) is 4.80. The number of sulfonamides is 1. The van der Waals surface area contributed by atoms with Gasteiger partial charge in [-0.25, -0.2) is 8.42 Å². The van der Waals surface area contributed by atoms with Crippen LogP contribution in [0, 0.1) is 5.92 Å². The Morgan fingerprint density at radius 2 is 1.71 bits per heavy atom. The summed E-state index contributed by atoms with van der Waals surface area (Å²) in [5, 5.41) is 2.97. The molecule has 1 heterocycles. The van der Waals surface area contributed by atoms with E-state index in [0.717, 1.165) is 37.5 Å². The van der Waals surface area contributed by atoms with E-state index in [1.165, 1.54) is 23.4 Å². The summed E-state index contributed by atoms with van der Waals surface area (Å²) in [4.78, 5) is 15.3. The van der Waals surface area contributed by atoms with Crippen molar-refractivity contribution in [2.24, 2.45) is 5.92 Å². The van der Waals surface area contributed by atoms with Gasteiger partial charge in [-0.1, -0.05) is 49.4 Å². The lowest BCUT2D eigenvalue weighted by atomic mass is 9.99. The zero-order valence-corrected chi connectivity index (χ0v) is 19.3. The van der Waals surface area contributed by atoms with Crippen LogP contribution < -0.4 is 9.62 Å². The summed E-state index contributed by atoms with van der Waals surface area (Å²) >= 11 is 0. The van der Waals surface area contributed by atoms with Gasteiger partial charge in [0, 0.05) is 6.54 Å². The highest BCUT2D eigenvalue weighted by Crippen LogP contribution is 2.25. The SMILES string of the molecule is CC1CCN(CCCNC(=O)c2ccccc2N(Cc2ccccc2)S(C)(=O)=O)CC1. The van der Waals surface area contributed by atoms with Gasteiger partial charge in [-0.2, -0.15) is 0 Å². The Morgan fingerprint density at radius 3 is 2.39 bits per heavy atom. The molecule has 3 rings (SSSR count). The van der Waals surface area contributed by atoms with E-state index < -0.39 is 10.0 Å². The Kier molecular flexibility index (Phi) is 8.09. The highest BCUT2D eigenvalue weighted by molar-refractivity contribution is 7.92. The molecule has 0 spiro atoms. The number of para-hydroxylation sites is 1. The number of piperidine rings is 1. The van der Waals surface area contributed by atoms with Gasteiger partial charge in [0.1, 0.15) is 0 Å². The number of likely N-dealkylation sites (tertiary alicyclic amines) is 1. The predicted molar refractivity (Wildman–Crippen MR) is 126 cm³/mol. The molecule has 1 N–H and O–H groups in total. The van der Waals surface area contributed by atoms with Gasteiger partial charge in [0.2, 0.25) is 10.0 Å². The topological polar surface area (TPSA) is 69.7 Å². The van der Waals surface area contributed by atoms with Crippen LogP contribution in [0.5, 0.6) is 0 Å². The maximum Gasteiger partial charge on any atom is 0.253 e. The van der Waals surface area contributed by atoms with Gasteiger partial charge in [-0.05, 0) is 62.5 Å². The third kappa shape index (κ3) is 6.80. The number of hydrogen-bond acceptors (Lipinski definition) is 4. The fourth-order valence-electron chi connectivity index (χ4n) is 3.90. The summed E-state index contributed by atoms with van der Waals surface area (Å²) in [6.45, 7) is 6.26. The molecule has 0 unspecified atom stereocenters.